The number of sulfonamides is 1. The van der Waals surface area contributed by atoms with E-state index in [1.165, 1.54) is 28.6 Å². The summed E-state index contributed by atoms with van der Waals surface area (Å²) >= 11 is 0. The quantitative estimate of drug-likeness (QED) is 0.893. The fourth-order valence-electron chi connectivity index (χ4n) is 2.25. The molecule has 5 nitrogen and oxygen atoms in total. The molecule has 0 bridgehead atoms. The Labute approximate surface area is 113 Å². The molecule has 0 saturated carbocycles. The fourth-order valence-corrected chi connectivity index (χ4v) is 3.77. The SMILES string of the molecule is CNC1CCCN(S(=O)(=O)c2ccc(C#N)cc2)C1. The van der Waals surface area contributed by atoms with Crippen LogP contribution in [0.3, 0.4) is 0 Å². The first-order valence-electron chi connectivity index (χ1n) is 6.25. The first-order chi connectivity index (χ1) is 9.07. The normalized spacial score (nSPS) is 20.9. The summed E-state index contributed by atoms with van der Waals surface area (Å²) in [6.45, 7) is 1.05. The van der Waals surface area contributed by atoms with Crippen molar-refractivity contribution in [2.45, 2.75) is 23.8 Å². The van der Waals surface area contributed by atoms with Gasteiger partial charge in [-0.15, -0.1) is 0 Å². The van der Waals surface area contributed by atoms with E-state index >= 15 is 0 Å². The number of nitrogens with zero attached hydrogens (tertiary/aromatic N) is 2. The summed E-state index contributed by atoms with van der Waals surface area (Å²) in [5, 5.41) is 11.9. The lowest BCUT2D eigenvalue weighted by Gasteiger charge is -2.31. The molecule has 19 heavy (non-hydrogen) atoms. The molecule has 1 unspecified atom stereocenters. The van der Waals surface area contributed by atoms with E-state index in [-0.39, 0.29) is 10.9 Å². The maximum atomic E-state index is 12.5. The van der Waals surface area contributed by atoms with Crippen LogP contribution in [0.2, 0.25) is 0 Å². The molecule has 1 N–H and O–H groups in total. The van der Waals surface area contributed by atoms with E-state index in [2.05, 4.69) is 5.32 Å². The van der Waals surface area contributed by atoms with E-state index in [1.807, 2.05) is 13.1 Å². The van der Waals surface area contributed by atoms with Gasteiger partial charge in [0.1, 0.15) is 0 Å². The largest absolute Gasteiger partial charge is 0.316 e. The molecule has 1 aromatic carbocycles. The Bertz CT molecular complexity index is 575. The number of benzene rings is 1. The van der Waals surface area contributed by atoms with Gasteiger partial charge in [-0.3, -0.25) is 0 Å². The molecular weight excluding hydrogens is 262 g/mol. The Morgan fingerprint density at radius 2 is 2.05 bits per heavy atom. The number of hydrogen-bond acceptors (Lipinski definition) is 4. The van der Waals surface area contributed by atoms with Crippen LogP contribution in [0.15, 0.2) is 29.2 Å². The van der Waals surface area contributed by atoms with Gasteiger partial charge in [-0.25, -0.2) is 8.42 Å². The lowest BCUT2D eigenvalue weighted by molar-refractivity contribution is 0.293. The summed E-state index contributed by atoms with van der Waals surface area (Å²) in [6.07, 6.45) is 1.86. The van der Waals surface area contributed by atoms with Gasteiger partial charge in [-0.2, -0.15) is 9.57 Å². The van der Waals surface area contributed by atoms with Gasteiger partial charge in [-0.05, 0) is 44.2 Å². The van der Waals surface area contributed by atoms with Crippen molar-refractivity contribution in [1.29, 1.82) is 5.26 Å². The molecule has 102 valence electrons. The number of rotatable bonds is 3. The van der Waals surface area contributed by atoms with Gasteiger partial charge in [0.2, 0.25) is 10.0 Å². The lowest BCUT2D eigenvalue weighted by Crippen LogP contribution is -2.46. The van der Waals surface area contributed by atoms with Crippen molar-refractivity contribution in [2.75, 3.05) is 20.1 Å². The van der Waals surface area contributed by atoms with Crippen LogP contribution in [0.5, 0.6) is 0 Å². The van der Waals surface area contributed by atoms with E-state index in [1.54, 1.807) is 0 Å². The van der Waals surface area contributed by atoms with Crippen LogP contribution >= 0.6 is 0 Å². The van der Waals surface area contributed by atoms with Crippen LogP contribution in [-0.2, 0) is 10.0 Å². The lowest BCUT2D eigenvalue weighted by atomic mass is 10.1. The van der Waals surface area contributed by atoms with Crippen molar-refractivity contribution in [3.63, 3.8) is 0 Å². The zero-order valence-electron chi connectivity index (χ0n) is 10.8. The molecule has 0 spiro atoms. The molecular formula is C13H17N3O2S. The summed E-state index contributed by atoms with van der Waals surface area (Å²) in [4.78, 5) is 0.253. The summed E-state index contributed by atoms with van der Waals surface area (Å²) < 4.78 is 26.4. The smallest absolute Gasteiger partial charge is 0.243 e. The molecule has 1 aliphatic heterocycles. The predicted molar refractivity (Wildman–Crippen MR) is 72.0 cm³/mol. The molecule has 0 amide bonds. The molecule has 0 aromatic heterocycles. The third-order valence-electron chi connectivity index (χ3n) is 3.41. The van der Waals surface area contributed by atoms with E-state index in [0.717, 1.165) is 12.8 Å². The van der Waals surface area contributed by atoms with Crippen LogP contribution in [-0.4, -0.2) is 38.9 Å². The van der Waals surface area contributed by atoms with Crippen LogP contribution in [0.4, 0.5) is 0 Å². The van der Waals surface area contributed by atoms with Crippen LogP contribution in [0, 0.1) is 11.3 Å². The highest BCUT2D eigenvalue weighted by molar-refractivity contribution is 7.89. The highest BCUT2D eigenvalue weighted by Crippen LogP contribution is 2.20. The molecule has 0 radical (unpaired) electrons. The summed E-state index contributed by atoms with van der Waals surface area (Å²) in [7, 11) is -1.60. The minimum absolute atomic E-state index is 0.210. The van der Waals surface area contributed by atoms with Crippen LogP contribution in [0.25, 0.3) is 0 Å². The molecule has 1 aromatic rings. The second-order valence-electron chi connectivity index (χ2n) is 4.63. The zero-order valence-corrected chi connectivity index (χ0v) is 11.7. The fraction of sp³-hybridized carbons (Fsp3) is 0.462. The molecule has 6 heteroatoms. The van der Waals surface area contributed by atoms with E-state index in [4.69, 9.17) is 5.26 Å². The number of nitriles is 1. The Kier molecular flexibility index (Phi) is 4.20. The number of piperidine rings is 1. The van der Waals surface area contributed by atoms with E-state index in [9.17, 15) is 8.42 Å². The standard InChI is InChI=1S/C13H17N3O2S/c1-15-12-3-2-8-16(10-12)19(17,18)13-6-4-11(9-14)5-7-13/h4-7,12,15H,2-3,8,10H2,1H3. The third-order valence-corrected chi connectivity index (χ3v) is 5.29. The Morgan fingerprint density at radius 3 is 2.63 bits per heavy atom. The molecule has 1 atom stereocenters. The first kappa shape index (κ1) is 14.0. The molecule has 2 rings (SSSR count). The van der Waals surface area contributed by atoms with E-state index < -0.39 is 10.0 Å². The average Bonchev–Trinajstić information content (AvgIpc) is 2.47. The highest BCUT2D eigenvalue weighted by Gasteiger charge is 2.29. The van der Waals surface area contributed by atoms with Crippen molar-refractivity contribution >= 4 is 10.0 Å². The maximum Gasteiger partial charge on any atom is 0.243 e. The number of hydrogen-bond donors (Lipinski definition) is 1. The predicted octanol–water partition coefficient (Wildman–Crippen LogP) is 0.931. The number of likely N-dealkylation sites (N-methyl/N-ethyl adjacent to an activating group) is 1. The van der Waals surface area contributed by atoms with Crippen molar-refractivity contribution in [3.05, 3.63) is 29.8 Å². The minimum atomic E-state index is -3.45. The Hall–Kier alpha value is -1.42. The molecule has 1 aliphatic rings. The van der Waals surface area contributed by atoms with Gasteiger partial charge in [0.15, 0.2) is 0 Å². The zero-order chi connectivity index (χ0) is 13.9. The van der Waals surface area contributed by atoms with Crippen molar-refractivity contribution < 1.29 is 8.42 Å². The van der Waals surface area contributed by atoms with Crippen molar-refractivity contribution in [3.8, 4) is 6.07 Å². The van der Waals surface area contributed by atoms with Gasteiger partial charge in [0.25, 0.3) is 0 Å². The highest BCUT2D eigenvalue weighted by atomic mass is 32.2. The van der Waals surface area contributed by atoms with Gasteiger partial charge in [0, 0.05) is 19.1 Å². The Balaban J connectivity index is 2.23. The Morgan fingerprint density at radius 1 is 1.37 bits per heavy atom. The second-order valence-corrected chi connectivity index (χ2v) is 6.56. The molecule has 0 aliphatic carbocycles. The average molecular weight is 279 g/mol. The molecule has 1 heterocycles. The summed E-state index contributed by atoms with van der Waals surface area (Å²) in [6, 6.07) is 8.26. The van der Waals surface area contributed by atoms with Crippen molar-refractivity contribution in [1.82, 2.24) is 9.62 Å². The van der Waals surface area contributed by atoms with Gasteiger partial charge < -0.3 is 5.32 Å². The van der Waals surface area contributed by atoms with Crippen LogP contribution in [0.1, 0.15) is 18.4 Å². The van der Waals surface area contributed by atoms with Crippen molar-refractivity contribution in [2.24, 2.45) is 0 Å². The van der Waals surface area contributed by atoms with Gasteiger partial charge in [0.05, 0.1) is 16.5 Å². The first-order valence-corrected chi connectivity index (χ1v) is 7.69. The van der Waals surface area contributed by atoms with Gasteiger partial charge >= 0.3 is 0 Å². The summed E-state index contributed by atoms with van der Waals surface area (Å²) in [5.74, 6) is 0. The maximum absolute atomic E-state index is 12.5. The van der Waals surface area contributed by atoms with Crippen LogP contribution < -0.4 is 5.32 Å². The topological polar surface area (TPSA) is 73.2 Å². The second kappa shape index (κ2) is 5.70. The van der Waals surface area contributed by atoms with E-state index in [0.29, 0.717) is 18.7 Å². The monoisotopic (exact) mass is 279 g/mol. The molecule has 1 saturated heterocycles. The minimum Gasteiger partial charge on any atom is -0.316 e. The van der Waals surface area contributed by atoms with Gasteiger partial charge in [-0.1, -0.05) is 0 Å². The summed E-state index contributed by atoms with van der Waals surface area (Å²) in [5.41, 5.74) is 0.464. The molecule has 1 fully saturated rings. The number of nitrogens with one attached hydrogen (secondary N) is 1. The third kappa shape index (κ3) is 2.95.